The summed E-state index contributed by atoms with van der Waals surface area (Å²) >= 11 is 0. The van der Waals surface area contributed by atoms with E-state index in [4.69, 9.17) is 9.47 Å². The molecule has 0 aromatic heterocycles. The van der Waals surface area contributed by atoms with Gasteiger partial charge < -0.3 is 20.1 Å². The number of fused-ring (bicyclic) bond motifs is 1. The van der Waals surface area contributed by atoms with E-state index >= 15 is 0 Å². The summed E-state index contributed by atoms with van der Waals surface area (Å²) in [5.74, 6) is 1.01. The number of benzene rings is 1. The SMILES string of the molecule is COc1cccc2c1OC[C@@H](NC(=O)CCNCC(F)(F)F)C2. The van der Waals surface area contributed by atoms with Crippen LogP contribution in [0.5, 0.6) is 11.5 Å². The van der Waals surface area contributed by atoms with Crippen LogP contribution >= 0.6 is 0 Å². The molecule has 8 heteroatoms. The molecule has 0 unspecified atom stereocenters. The zero-order valence-electron chi connectivity index (χ0n) is 12.7. The number of methoxy groups -OCH3 is 1. The molecule has 0 bridgehead atoms. The van der Waals surface area contributed by atoms with Gasteiger partial charge in [0.2, 0.25) is 5.91 Å². The highest BCUT2D eigenvalue weighted by Gasteiger charge is 2.26. The smallest absolute Gasteiger partial charge is 0.401 e. The minimum atomic E-state index is -4.27. The van der Waals surface area contributed by atoms with E-state index in [0.29, 0.717) is 24.5 Å². The van der Waals surface area contributed by atoms with Gasteiger partial charge in [0.15, 0.2) is 11.5 Å². The number of carbonyl (C=O) groups is 1. The molecule has 1 aliphatic heterocycles. The summed E-state index contributed by atoms with van der Waals surface area (Å²) in [6.45, 7) is -0.821. The van der Waals surface area contributed by atoms with E-state index in [2.05, 4.69) is 10.6 Å². The Hall–Kier alpha value is -1.96. The van der Waals surface area contributed by atoms with Crippen LogP contribution in [0.1, 0.15) is 12.0 Å². The molecule has 128 valence electrons. The van der Waals surface area contributed by atoms with E-state index in [9.17, 15) is 18.0 Å². The Morgan fingerprint density at radius 1 is 1.43 bits per heavy atom. The fourth-order valence-electron chi connectivity index (χ4n) is 2.38. The number of nitrogens with one attached hydrogen (secondary N) is 2. The van der Waals surface area contributed by atoms with Gasteiger partial charge in [0, 0.05) is 18.5 Å². The highest BCUT2D eigenvalue weighted by molar-refractivity contribution is 5.76. The number of para-hydroxylation sites is 1. The maximum absolute atomic E-state index is 12.0. The zero-order chi connectivity index (χ0) is 16.9. The van der Waals surface area contributed by atoms with Crippen molar-refractivity contribution in [3.63, 3.8) is 0 Å². The fourth-order valence-corrected chi connectivity index (χ4v) is 2.38. The average Bonchev–Trinajstić information content (AvgIpc) is 2.50. The van der Waals surface area contributed by atoms with Crippen LogP contribution in [-0.2, 0) is 11.2 Å². The summed E-state index contributed by atoms with van der Waals surface area (Å²) in [5.41, 5.74) is 0.927. The summed E-state index contributed by atoms with van der Waals surface area (Å²) in [7, 11) is 1.56. The van der Waals surface area contributed by atoms with Crippen LogP contribution in [-0.4, -0.2) is 44.9 Å². The summed E-state index contributed by atoms with van der Waals surface area (Å²) < 4.78 is 46.7. The number of ether oxygens (including phenoxy) is 2. The molecule has 0 saturated carbocycles. The highest BCUT2D eigenvalue weighted by atomic mass is 19.4. The van der Waals surface area contributed by atoms with E-state index in [0.717, 1.165) is 5.56 Å². The number of halogens is 3. The van der Waals surface area contributed by atoms with Crippen molar-refractivity contribution in [3.8, 4) is 11.5 Å². The number of hydrogen-bond acceptors (Lipinski definition) is 4. The molecule has 1 aromatic rings. The van der Waals surface area contributed by atoms with Crippen molar-refractivity contribution in [2.75, 3.05) is 26.8 Å². The Kier molecular flexibility index (Phi) is 5.70. The summed E-state index contributed by atoms with van der Waals surface area (Å²) in [6.07, 6.45) is -3.69. The minimum Gasteiger partial charge on any atom is -0.493 e. The van der Waals surface area contributed by atoms with Crippen molar-refractivity contribution in [1.29, 1.82) is 0 Å². The molecule has 1 aliphatic rings. The van der Waals surface area contributed by atoms with Gasteiger partial charge in [-0.25, -0.2) is 0 Å². The predicted octanol–water partition coefficient (Wildman–Crippen LogP) is 1.66. The molecule has 0 spiro atoms. The lowest BCUT2D eigenvalue weighted by molar-refractivity contribution is -0.127. The fraction of sp³-hybridized carbons (Fsp3) is 0.533. The van der Waals surface area contributed by atoms with Crippen molar-refractivity contribution in [3.05, 3.63) is 23.8 Å². The third-order valence-corrected chi connectivity index (χ3v) is 3.39. The van der Waals surface area contributed by atoms with E-state index in [-0.39, 0.29) is 24.9 Å². The van der Waals surface area contributed by atoms with Crippen molar-refractivity contribution in [2.24, 2.45) is 0 Å². The first-order chi connectivity index (χ1) is 10.9. The molecule has 0 fully saturated rings. The van der Waals surface area contributed by atoms with Gasteiger partial charge in [0.05, 0.1) is 19.7 Å². The number of carbonyl (C=O) groups excluding carboxylic acids is 1. The van der Waals surface area contributed by atoms with Gasteiger partial charge in [-0.05, 0) is 12.5 Å². The Morgan fingerprint density at radius 3 is 2.91 bits per heavy atom. The van der Waals surface area contributed by atoms with Gasteiger partial charge in [0.25, 0.3) is 0 Å². The molecular formula is C15H19F3N2O3. The molecule has 0 aliphatic carbocycles. The topological polar surface area (TPSA) is 59.6 Å². The van der Waals surface area contributed by atoms with Crippen LogP contribution in [0.4, 0.5) is 13.2 Å². The predicted molar refractivity (Wildman–Crippen MR) is 77.7 cm³/mol. The first-order valence-electron chi connectivity index (χ1n) is 7.24. The van der Waals surface area contributed by atoms with Crippen molar-refractivity contribution >= 4 is 5.91 Å². The van der Waals surface area contributed by atoms with Crippen LogP contribution in [0.2, 0.25) is 0 Å². The monoisotopic (exact) mass is 332 g/mol. The standard InChI is InChI=1S/C15H19F3N2O3/c1-22-12-4-2-3-10-7-11(8-23-14(10)12)20-13(21)5-6-19-9-15(16,17)18/h2-4,11,19H,5-9H2,1H3,(H,20,21)/t11-/m0/s1. The van der Waals surface area contributed by atoms with E-state index in [1.54, 1.807) is 13.2 Å². The second kappa shape index (κ2) is 7.54. The molecule has 1 amide bonds. The average molecular weight is 332 g/mol. The quantitative estimate of drug-likeness (QED) is 0.778. The van der Waals surface area contributed by atoms with E-state index in [1.165, 1.54) is 0 Å². The van der Waals surface area contributed by atoms with Crippen molar-refractivity contribution in [1.82, 2.24) is 10.6 Å². The van der Waals surface area contributed by atoms with Crippen LogP contribution in [0.25, 0.3) is 0 Å². The summed E-state index contributed by atoms with van der Waals surface area (Å²) in [6, 6.07) is 5.32. The number of rotatable bonds is 6. The van der Waals surface area contributed by atoms with Crippen molar-refractivity contribution < 1.29 is 27.4 Å². The maximum atomic E-state index is 12.0. The van der Waals surface area contributed by atoms with Gasteiger partial charge in [-0.2, -0.15) is 13.2 Å². The normalized spacial score (nSPS) is 17.1. The minimum absolute atomic E-state index is 0.0163. The van der Waals surface area contributed by atoms with Gasteiger partial charge in [-0.1, -0.05) is 12.1 Å². The third-order valence-electron chi connectivity index (χ3n) is 3.39. The van der Waals surface area contributed by atoms with Crippen LogP contribution in [0.15, 0.2) is 18.2 Å². The number of alkyl halides is 3. The Labute approximate surface area is 132 Å². The van der Waals surface area contributed by atoms with Gasteiger partial charge >= 0.3 is 6.18 Å². The lowest BCUT2D eigenvalue weighted by Crippen LogP contribution is -2.43. The Morgan fingerprint density at radius 2 is 2.22 bits per heavy atom. The molecule has 1 aromatic carbocycles. The number of hydrogen-bond donors (Lipinski definition) is 2. The second-order valence-corrected chi connectivity index (χ2v) is 5.27. The first kappa shape index (κ1) is 17.4. The molecule has 2 rings (SSSR count). The zero-order valence-corrected chi connectivity index (χ0v) is 12.7. The van der Waals surface area contributed by atoms with Gasteiger partial charge in [-0.3, -0.25) is 4.79 Å². The van der Waals surface area contributed by atoms with E-state index in [1.807, 2.05) is 12.1 Å². The molecule has 2 N–H and O–H groups in total. The van der Waals surface area contributed by atoms with Crippen LogP contribution in [0, 0.1) is 0 Å². The molecule has 0 saturated heterocycles. The maximum Gasteiger partial charge on any atom is 0.401 e. The van der Waals surface area contributed by atoms with Crippen LogP contribution < -0.4 is 20.1 Å². The number of amides is 1. The molecule has 0 radical (unpaired) electrons. The molecule has 1 heterocycles. The molecule has 23 heavy (non-hydrogen) atoms. The lowest BCUT2D eigenvalue weighted by atomic mass is 10.0. The van der Waals surface area contributed by atoms with Crippen molar-refractivity contribution in [2.45, 2.75) is 25.1 Å². The summed E-state index contributed by atoms with van der Waals surface area (Å²) in [5, 5.41) is 4.96. The Balaban J connectivity index is 1.77. The van der Waals surface area contributed by atoms with Gasteiger partial charge in [-0.15, -0.1) is 0 Å². The first-order valence-corrected chi connectivity index (χ1v) is 7.24. The van der Waals surface area contributed by atoms with Gasteiger partial charge in [0.1, 0.15) is 6.61 Å². The molecular weight excluding hydrogens is 313 g/mol. The van der Waals surface area contributed by atoms with Crippen LogP contribution in [0.3, 0.4) is 0 Å². The second-order valence-electron chi connectivity index (χ2n) is 5.27. The highest BCUT2D eigenvalue weighted by Crippen LogP contribution is 2.34. The summed E-state index contributed by atoms with van der Waals surface area (Å²) in [4.78, 5) is 11.8. The molecule has 5 nitrogen and oxygen atoms in total. The Bertz CT molecular complexity index is 549. The lowest BCUT2D eigenvalue weighted by Gasteiger charge is -2.27. The van der Waals surface area contributed by atoms with E-state index < -0.39 is 12.7 Å². The molecule has 1 atom stereocenters. The largest absolute Gasteiger partial charge is 0.493 e. The third kappa shape index (κ3) is 5.31.